The molecule has 2 aromatic rings. The molecule has 1 saturated carbocycles. The van der Waals surface area contributed by atoms with Gasteiger partial charge in [-0.1, -0.05) is 31.4 Å². The standard InChI is InChI=1S/C20H22F3N3O2S/c21-20(22,23)14-6-4-5-13(11-14)19-26-16(12-29-19)18(28)24-10-9-17(27)25-15-7-2-1-3-8-15/h4-6,11-12,15H,1-3,7-10H2,(H,24,28)(H,25,27). The van der Waals surface area contributed by atoms with Crippen LogP contribution in [0.15, 0.2) is 29.6 Å². The van der Waals surface area contributed by atoms with Gasteiger partial charge in [0.1, 0.15) is 10.7 Å². The van der Waals surface area contributed by atoms with Gasteiger partial charge in [0.15, 0.2) is 0 Å². The Kier molecular flexibility index (Phi) is 6.89. The minimum Gasteiger partial charge on any atom is -0.353 e. The Hall–Kier alpha value is -2.42. The van der Waals surface area contributed by atoms with Crippen molar-refractivity contribution in [2.24, 2.45) is 0 Å². The van der Waals surface area contributed by atoms with E-state index in [1.807, 2.05) is 0 Å². The Balaban J connectivity index is 1.51. The van der Waals surface area contributed by atoms with Crippen molar-refractivity contribution in [3.05, 3.63) is 40.9 Å². The van der Waals surface area contributed by atoms with E-state index in [4.69, 9.17) is 0 Å². The highest BCUT2D eigenvalue weighted by Gasteiger charge is 2.30. The molecule has 1 aliphatic carbocycles. The minimum atomic E-state index is -4.44. The number of carbonyl (C=O) groups is 2. The van der Waals surface area contributed by atoms with Gasteiger partial charge in [-0.05, 0) is 25.0 Å². The molecule has 5 nitrogen and oxygen atoms in total. The first-order valence-electron chi connectivity index (χ1n) is 9.53. The van der Waals surface area contributed by atoms with Gasteiger partial charge in [0, 0.05) is 30.0 Å². The summed E-state index contributed by atoms with van der Waals surface area (Å²) in [5.41, 5.74) is -0.342. The Morgan fingerprint density at radius 1 is 1.17 bits per heavy atom. The number of aromatic nitrogens is 1. The van der Waals surface area contributed by atoms with Crippen molar-refractivity contribution in [2.45, 2.75) is 50.7 Å². The normalized spacial score (nSPS) is 15.1. The van der Waals surface area contributed by atoms with Gasteiger partial charge in [0.25, 0.3) is 5.91 Å². The summed E-state index contributed by atoms with van der Waals surface area (Å²) in [7, 11) is 0. The molecule has 1 aromatic carbocycles. The van der Waals surface area contributed by atoms with E-state index in [9.17, 15) is 22.8 Å². The van der Waals surface area contributed by atoms with E-state index in [0.29, 0.717) is 10.6 Å². The van der Waals surface area contributed by atoms with Gasteiger partial charge < -0.3 is 10.6 Å². The first kappa shape index (κ1) is 21.3. The van der Waals surface area contributed by atoms with Crippen LogP contribution in [0, 0.1) is 0 Å². The molecule has 3 rings (SSSR count). The maximum Gasteiger partial charge on any atom is 0.416 e. The van der Waals surface area contributed by atoms with Crippen molar-refractivity contribution >= 4 is 23.2 Å². The van der Waals surface area contributed by atoms with E-state index in [2.05, 4.69) is 15.6 Å². The SMILES string of the molecule is O=C(CCNC(=O)c1csc(-c2cccc(C(F)(F)F)c2)n1)NC1CCCCC1. The van der Waals surface area contributed by atoms with Crippen LogP contribution in [0.4, 0.5) is 13.2 Å². The van der Waals surface area contributed by atoms with Gasteiger partial charge in [-0.3, -0.25) is 9.59 Å². The van der Waals surface area contributed by atoms with Crippen LogP contribution >= 0.6 is 11.3 Å². The van der Waals surface area contributed by atoms with Crippen molar-refractivity contribution in [1.82, 2.24) is 15.6 Å². The second-order valence-electron chi connectivity index (χ2n) is 7.02. The first-order chi connectivity index (χ1) is 13.8. The van der Waals surface area contributed by atoms with Gasteiger partial charge in [0.05, 0.1) is 5.56 Å². The van der Waals surface area contributed by atoms with Crippen LogP contribution < -0.4 is 10.6 Å². The molecule has 0 saturated heterocycles. The van der Waals surface area contributed by atoms with Gasteiger partial charge in [0.2, 0.25) is 5.91 Å². The van der Waals surface area contributed by atoms with Crippen LogP contribution in [-0.2, 0) is 11.0 Å². The molecule has 0 spiro atoms. The minimum absolute atomic E-state index is 0.0971. The number of nitrogens with one attached hydrogen (secondary N) is 2. The van der Waals surface area contributed by atoms with Crippen LogP contribution in [0.1, 0.15) is 54.6 Å². The lowest BCUT2D eigenvalue weighted by molar-refractivity contribution is -0.137. The highest BCUT2D eigenvalue weighted by Crippen LogP contribution is 2.33. The second-order valence-corrected chi connectivity index (χ2v) is 7.88. The summed E-state index contributed by atoms with van der Waals surface area (Å²) in [6.45, 7) is 0.174. The quantitative estimate of drug-likeness (QED) is 0.721. The lowest BCUT2D eigenvalue weighted by atomic mass is 9.95. The number of hydrogen-bond acceptors (Lipinski definition) is 4. The maximum absolute atomic E-state index is 12.9. The van der Waals surface area contributed by atoms with E-state index in [1.165, 1.54) is 23.9 Å². The van der Waals surface area contributed by atoms with Gasteiger partial charge in [-0.25, -0.2) is 4.98 Å². The average molecular weight is 425 g/mol. The van der Waals surface area contributed by atoms with Gasteiger partial charge in [-0.15, -0.1) is 11.3 Å². The molecule has 0 aliphatic heterocycles. The highest BCUT2D eigenvalue weighted by atomic mass is 32.1. The Bertz CT molecular complexity index is 861. The number of rotatable bonds is 6. The topological polar surface area (TPSA) is 71.1 Å². The fraction of sp³-hybridized carbons (Fsp3) is 0.450. The number of amides is 2. The molecule has 0 atom stereocenters. The largest absolute Gasteiger partial charge is 0.416 e. The molecular formula is C20H22F3N3O2S. The summed E-state index contributed by atoms with van der Waals surface area (Å²) >= 11 is 1.09. The zero-order valence-electron chi connectivity index (χ0n) is 15.7. The molecule has 156 valence electrons. The third-order valence-corrected chi connectivity index (χ3v) is 5.67. The van der Waals surface area contributed by atoms with Crippen molar-refractivity contribution < 1.29 is 22.8 Å². The maximum atomic E-state index is 12.9. The summed E-state index contributed by atoms with van der Waals surface area (Å²) in [4.78, 5) is 28.3. The van der Waals surface area contributed by atoms with Crippen LogP contribution in [0.5, 0.6) is 0 Å². The number of nitrogens with zero attached hydrogens (tertiary/aromatic N) is 1. The van der Waals surface area contributed by atoms with Crippen molar-refractivity contribution in [3.8, 4) is 10.6 Å². The average Bonchev–Trinajstić information content (AvgIpc) is 3.18. The molecule has 0 unspecified atom stereocenters. The Morgan fingerprint density at radius 2 is 1.93 bits per heavy atom. The van der Waals surface area contributed by atoms with E-state index >= 15 is 0 Å². The van der Waals surface area contributed by atoms with Crippen molar-refractivity contribution in [1.29, 1.82) is 0 Å². The van der Waals surface area contributed by atoms with E-state index in [1.54, 1.807) is 0 Å². The molecular weight excluding hydrogens is 403 g/mol. The molecule has 1 fully saturated rings. The third-order valence-electron chi connectivity index (χ3n) is 4.78. The number of benzene rings is 1. The van der Waals surface area contributed by atoms with Gasteiger partial charge >= 0.3 is 6.18 Å². The zero-order chi connectivity index (χ0) is 20.9. The van der Waals surface area contributed by atoms with Gasteiger partial charge in [-0.2, -0.15) is 13.2 Å². The summed E-state index contributed by atoms with van der Waals surface area (Å²) < 4.78 is 38.6. The van der Waals surface area contributed by atoms with Crippen LogP contribution in [0.3, 0.4) is 0 Å². The van der Waals surface area contributed by atoms with E-state index in [0.717, 1.165) is 49.2 Å². The summed E-state index contributed by atoms with van der Waals surface area (Å²) in [5.74, 6) is -0.551. The lowest BCUT2D eigenvalue weighted by Crippen LogP contribution is -2.38. The summed E-state index contributed by atoms with van der Waals surface area (Å²) in [6, 6.07) is 5.05. The molecule has 0 bridgehead atoms. The summed E-state index contributed by atoms with van der Waals surface area (Å²) in [5, 5.41) is 7.43. The first-order valence-corrected chi connectivity index (χ1v) is 10.4. The van der Waals surface area contributed by atoms with Crippen LogP contribution in [0.2, 0.25) is 0 Å². The van der Waals surface area contributed by atoms with Crippen molar-refractivity contribution in [3.63, 3.8) is 0 Å². The highest BCUT2D eigenvalue weighted by molar-refractivity contribution is 7.13. The summed E-state index contributed by atoms with van der Waals surface area (Å²) in [6.07, 6.45) is 1.18. The number of carbonyl (C=O) groups excluding carboxylic acids is 2. The molecule has 29 heavy (non-hydrogen) atoms. The smallest absolute Gasteiger partial charge is 0.353 e. The number of alkyl halides is 3. The lowest BCUT2D eigenvalue weighted by Gasteiger charge is -2.22. The van der Waals surface area contributed by atoms with E-state index in [-0.39, 0.29) is 30.6 Å². The predicted molar refractivity (Wildman–Crippen MR) is 105 cm³/mol. The van der Waals surface area contributed by atoms with Crippen LogP contribution in [0.25, 0.3) is 10.6 Å². The molecule has 1 aliphatic rings. The molecule has 2 N–H and O–H groups in total. The molecule has 1 aromatic heterocycles. The number of halogens is 3. The fourth-order valence-electron chi connectivity index (χ4n) is 3.27. The second kappa shape index (κ2) is 9.39. The zero-order valence-corrected chi connectivity index (χ0v) is 16.5. The van der Waals surface area contributed by atoms with Crippen molar-refractivity contribution in [2.75, 3.05) is 6.54 Å². The van der Waals surface area contributed by atoms with E-state index < -0.39 is 17.6 Å². The number of thiazole rings is 1. The molecule has 2 amide bonds. The molecule has 1 heterocycles. The molecule has 0 radical (unpaired) electrons. The third kappa shape index (κ3) is 6.03. The molecule has 9 heteroatoms. The number of hydrogen-bond donors (Lipinski definition) is 2. The monoisotopic (exact) mass is 425 g/mol. The fourth-order valence-corrected chi connectivity index (χ4v) is 4.06. The van der Waals surface area contributed by atoms with Crippen LogP contribution in [-0.4, -0.2) is 29.4 Å². The predicted octanol–water partition coefficient (Wildman–Crippen LogP) is 4.40. The Labute approximate surface area is 170 Å². The Morgan fingerprint density at radius 3 is 2.66 bits per heavy atom.